The highest BCUT2D eigenvalue weighted by atomic mass is 15.1. The van der Waals surface area contributed by atoms with E-state index in [4.69, 9.17) is 0 Å². The molecule has 0 atom stereocenters. The molecule has 0 aromatic heterocycles. The summed E-state index contributed by atoms with van der Waals surface area (Å²) in [5.74, 6) is 1.76. The first-order valence-electron chi connectivity index (χ1n) is 14.3. The molecule has 0 saturated heterocycles. The summed E-state index contributed by atoms with van der Waals surface area (Å²) in [6, 6.07) is 0. The molecule has 0 aliphatic heterocycles. The summed E-state index contributed by atoms with van der Waals surface area (Å²) in [7, 11) is 0. The van der Waals surface area contributed by atoms with E-state index >= 15 is 0 Å². The maximum Gasteiger partial charge on any atom is -0.00187 e. The predicted octanol–water partition coefficient (Wildman–Crippen LogP) is 10.0. The van der Waals surface area contributed by atoms with Gasteiger partial charge in [0.15, 0.2) is 0 Å². The molecule has 1 heteroatoms. The molecule has 0 aromatic rings. The maximum atomic E-state index is 2.81. The van der Waals surface area contributed by atoms with Gasteiger partial charge in [-0.15, -0.1) is 0 Å². The van der Waals surface area contributed by atoms with Crippen molar-refractivity contribution in [2.24, 2.45) is 11.8 Å². The Morgan fingerprint density at radius 3 is 1.03 bits per heavy atom. The van der Waals surface area contributed by atoms with Crippen LogP contribution in [0.25, 0.3) is 0 Å². The van der Waals surface area contributed by atoms with Crippen molar-refractivity contribution in [3.8, 4) is 0 Å². The average molecular weight is 424 g/mol. The molecule has 0 saturated carbocycles. The molecule has 0 heterocycles. The fraction of sp³-hybridized carbons (Fsp3) is 1.00. The van der Waals surface area contributed by atoms with E-state index in [0.717, 1.165) is 11.8 Å². The van der Waals surface area contributed by atoms with E-state index in [2.05, 4.69) is 39.5 Å². The van der Waals surface area contributed by atoms with Gasteiger partial charge in [0, 0.05) is 0 Å². The third-order valence-electron chi connectivity index (χ3n) is 6.59. The van der Waals surface area contributed by atoms with E-state index in [0.29, 0.717) is 0 Å². The SMILES string of the molecule is CCCCCCCCCCCN(CCCCCCC(C)C)CCCCCCC(C)C. The van der Waals surface area contributed by atoms with Crippen LogP contribution < -0.4 is 0 Å². The minimum Gasteiger partial charge on any atom is -0.303 e. The quantitative estimate of drug-likeness (QED) is 0.140. The lowest BCUT2D eigenvalue weighted by molar-refractivity contribution is 0.253. The second-order valence-corrected chi connectivity index (χ2v) is 10.9. The van der Waals surface area contributed by atoms with Gasteiger partial charge in [0.25, 0.3) is 0 Å². The Balaban J connectivity index is 3.85. The molecule has 0 amide bonds. The minimum atomic E-state index is 0.879. The first-order chi connectivity index (χ1) is 14.6. The van der Waals surface area contributed by atoms with Gasteiger partial charge in [-0.3, -0.25) is 0 Å². The van der Waals surface area contributed by atoms with E-state index in [1.165, 1.54) is 142 Å². The van der Waals surface area contributed by atoms with Gasteiger partial charge in [-0.2, -0.15) is 0 Å². The number of hydrogen-bond donors (Lipinski definition) is 0. The molecule has 0 unspecified atom stereocenters. The third kappa shape index (κ3) is 24.2. The Labute approximate surface area is 193 Å². The van der Waals surface area contributed by atoms with E-state index < -0.39 is 0 Å². The van der Waals surface area contributed by atoms with E-state index in [1.807, 2.05) is 0 Å². The minimum absolute atomic E-state index is 0.879. The molecule has 0 aromatic carbocycles. The van der Waals surface area contributed by atoms with Crippen LogP contribution in [0.3, 0.4) is 0 Å². The van der Waals surface area contributed by atoms with Crippen LogP contribution >= 0.6 is 0 Å². The summed E-state index contributed by atoms with van der Waals surface area (Å²) in [5.41, 5.74) is 0. The van der Waals surface area contributed by atoms with Crippen LogP contribution in [0, 0.1) is 11.8 Å². The summed E-state index contributed by atoms with van der Waals surface area (Å²) >= 11 is 0. The first kappa shape index (κ1) is 30.0. The Bertz CT molecular complexity index is 289. The van der Waals surface area contributed by atoms with Gasteiger partial charge >= 0.3 is 0 Å². The highest BCUT2D eigenvalue weighted by molar-refractivity contribution is 4.61. The molecule has 30 heavy (non-hydrogen) atoms. The Hall–Kier alpha value is -0.0400. The van der Waals surface area contributed by atoms with Crippen LogP contribution in [0.15, 0.2) is 0 Å². The van der Waals surface area contributed by atoms with Crippen LogP contribution in [-0.2, 0) is 0 Å². The second-order valence-electron chi connectivity index (χ2n) is 10.9. The van der Waals surface area contributed by atoms with Gasteiger partial charge in [0.05, 0.1) is 0 Å². The van der Waals surface area contributed by atoms with E-state index in [9.17, 15) is 0 Å². The van der Waals surface area contributed by atoms with Crippen molar-refractivity contribution < 1.29 is 0 Å². The fourth-order valence-corrected chi connectivity index (χ4v) is 4.46. The van der Waals surface area contributed by atoms with Gasteiger partial charge in [-0.1, -0.05) is 137 Å². The first-order valence-corrected chi connectivity index (χ1v) is 14.3. The lowest BCUT2D eigenvalue weighted by Crippen LogP contribution is -2.27. The zero-order chi connectivity index (χ0) is 22.3. The van der Waals surface area contributed by atoms with Gasteiger partial charge in [0.1, 0.15) is 0 Å². The topological polar surface area (TPSA) is 3.24 Å². The van der Waals surface area contributed by atoms with Crippen molar-refractivity contribution in [3.63, 3.8) is 0 Å². The molecular weight excluding hydrogens is 362 g/mol. The normalized spacial score (nSPS) is 12.0. The zero-order valence-corrected chi connectivity index (χ0v) is 22.2. The van der Waals surface area contributed by atoms with Crippen molar-refractivity contribution >= 4 is 0 Å². The predicted molar refractivity (Wildman–Crippen MR) is 140 cm³/mol. The number of nitrogens with zero attached hydrogens (tertiary/aromatic N) is 1. The standard InChI is InChI=1S/C29H61N/c1-6-7-8-9-10-11-12-15-20-25-30(26-21-16-13-18-23-28(2)3)27-22-17-14-19-24-29(4)5/h28-29H,6-27H2,1-5H3. The average Bonchev–Trinajstić information content (AvgIpc) is 2.70. The molecule has 0 fully saturated rings. The summed E-state index contributed by atoms with van der Waals surface area (Å²) in [6.07, 6.45) is 27.3. The van der Waals surface area contributed by atoms with Crippen molar-refractivity contribution in [2.45, 2.75) is 157 Å². The lowest BCUT2D eigenvalue weighted by atomic mass is 10.0. The smallest absolute Gasteiger partial charge is 0.00187 e. The van der Waals surface area contributed by atoms with Gasteiger partial charge in [-0.25, -0.2) is 0 Å². The van der Waals surface area contributed by atoms with Crippen molar-refractivity contribution in [1.29, 1.82) is 0 Å². The fourth-order valence-electron chi connectivity index (χ4n) is 4.46. The molecule has 0 N–H and O–H groups in total. The molecule has 0 aliphatic carbocycles. The third-order valence-corrected chi connectivity index (χ3v) is 6.59. The van der Waals surface area contributed by atoms with Crippen molar-refractivity contribution in [3.05, 3.63) is 0 Å². The molecule has 0 radical (unpaired) electrons. The summed E-state index contributed by atoms with van der Waals surface area (Å²) in [5, 5.41) is 0. The second kappa shape index (κ2) is 23.6. The summed E-state index contributed by atoms with van der Waals surface area (Å²) < 4.78 is 0. The molecule has 0 bridgehead atoms. The monoisotopic (exact) mass is 423 g/mol. The molecule has 0 rings (SSSR count). The van der Waals surface area contributed by atoms with Crippen LogP contribution in [0.5, 0.6) is 0 Å². The number of unbranched alkanes of at least 4 members (excludes halogenated alkanes) is 14. The molecular formula is C29H61N. The van der Waals surface area contributed by atoms with Crippen molar-refractivity contribution in [2.75, 3.05) is 19.6 Å². The van der Waals surface area contributed by atoms with Gasteiger partial charge < -0.3 is 4.90 Å². The highest BCUT2D eigenvalue weighted by Crippen LogP contribution is 2.14. The number of hydrogen-bond acceptors (Lipinski definition) is 1. The largest absolute Gasteiger partial charge is 0.303 e. The molecule has 1 nitrogen and oxygen atoms in total. The summed E-state index contributed by atoms with van der Waals surface area (Å²) in [6.45, 7) is 15.8. The summed E-state index contributed by atoms with van der Waals surface area (Å²) in [4.78, 5) is 2.81. The number of rotatable bonds is 24. The Kier molecular flexibility index (Phi) is 23.6. The highest BCUT2D eigenvalue weighted by Gasteiger charge is 2.05. The maximum absolute atomic E-state index is 2.81. The van der Waals surface area contributed by atoms with E-state index in [1.54, 1.807) is 0 Å². The molecule has 182 valence electrons. The molecule has 0 spiro atoms. The van der Waals surface area contributed by atoms with Crippen molar-refractivity contribution in [1.82, 2.24) is 4.90 Å². The van der Waals surface area contributed by atoms with E-state index in [-0.39, 0.29) is 0 Å². The Morgan fingerprint density at radius 1 is 0.400 bits per heavy atom. The van der Waals surface area contributed by atoms with Crippen LogP contribution in [0.4, 0.5) is 0 Å². The van der Waals surface area contributed by atoms with Crippen LogP contribution in [0.2, 0.25) is 0 Å². The Morgan fingerprint density at radius 2 is 0.700 bits per heavy atom. The lowest BCUT2D eigenvalue weighted by Gasteiger charge is -2.22. The van der Waals surface area contributed by atoms with Crippen LogP contribution in [0.1, 0.15) is 157 Å². The van der Waals surface area contributed by atoms with Gasteiger partial charge in [-0.05, 0) is 50.7 Å². The zero-order valence-electron chi connectivity index (χ0n) is 22.2. The molecule has 0 aliphatic rings. The van der Waals surface area contributed by atoms with Gasteiger partial charge in [0.2, 0.25) is 0 Å². The van der Waals surface area contributed by atoms with Crippen LogP contribution in [-0.4, -0.2) is 24.5 Å².